The van der Waals surface area contributed by atoms with Crippen molar-refractivity contribution >= 4 is 45.0 Å². The number of halogens is 2. The molecular weight excluding hydrogens is 458 g/mol. The second-order valence-corrected chi connectivity index (χ2v) is 7.35. The van der Waals surface area contributed by atoms with Crippen LogP contribution in [-0.4, -0.2) is 23.9 Å². The first-order chi connectivity index (χ1) is 14.0. The van der Waals surface area contributed by atoms with E-state index < -0.39 is 0 Å². The van der Waals surface area contributed by atoms with Crippen molar-refractivity contribution < 1.29 is 14.3 Å². The zero-order chi connectivity index (χ0) is 20.8. The molecule has 2 N–H and O–H groups in total. The quantitative estimate of drug-likeness (QED) is 0.543. The van der Waals surface area contributed by atoms with Crippen LogP contribution in [0.3, 0.4) is 0 Å². The Balaban J connectivity index is 1.75. The van der Waals surface area contributed by atoms with E-state index in [2.05, 4.69) is 31.5 Å². The number of nitrogens with zero attached hydrogens (tertiary/aromatic N) is 1. The molecule has 2 amide bonds. The number of hydrogen-bond acceptors (Lipinski definition) is 4. The van der Waals surface area contributed by atoms with Crippen molar-refractivity contribution in [1.82, 2.24) is 10.3 Å². The molecule has 2 aromatic carbocycles. The number of methoxy groups -OCH3 is 1. The topological polar surface area (TPSA) is 80.3 Å². The van der Waals surface area contributed by atoms with Crippen LogP contribution in [0.5, 0.6) is 5.75 Å². The molecular formula is C21H17BrClN3O3. The summed E-state index contributed by atoms with van der Waals surface area (Å²) >= 11 is 9.49. The maximum absolute atomic E-state index is 12.8. The van der Waals surface area contributed by atoms with Gasteiger partial charge in [0.1, 0.15) is 5.75 Å². The first-order valence-corrected chi connectivity index (χ1v) is 9.76. The summed E-state index contributed by atoms with van der Waals surface area (Å²) in [7, 11) is 1.54. The number of nitrogens with one attached hydrogen (secondary N) is 2. The van der Waals surface area contributed by atoms with E-state index in [0.717, 1.165) is 10.0 Å². The van der Waals surface area contributed by atoms with Crippen LogP contribution >= 0.6 is 27.5 Å². The maximum Gasteiger partial charge on any atom is 0.255 e. The Morgan fingerprint density at radius 2 is 1.83 bits per heavy atom. The lowest BCUT2D eigenvalue weighted by Crippen LogP contribution is -2.25. The Kier molecular flexibility index (Phi) is 6.85. The molecule has 6 nitrogen and oxygen atoms in total. The minimum atomic E-state index is -0.330. The highest BCUT2D eigenvalue weighted by Gasteiger charge is 2.15. The van der Waals surface area contributed by atoms with E-state index in [1.165, 1.54) is 19.5 Å². The normalized spacial score (nSPS) is 10.3. The molecule has 29 heavy (non-hydrogen) atoms. The number of benzene rings is 2. The van der Waals surface area contributed by atoms with Crippen LogP contribution in [0.1, 0.15) is 26.3 Å². The minimum absolute atomic E-state index is 0.271. The van der Waals surface area contributed by atoms with Crippen LogP contribution < -0.4 is 15.4 Å². The summed E-state index contributed by atoms with van der Waals surface area (Å²) in [6.07, 6.45) is 3.06. The summed E-state index contributed by atoms with van der Waals surface area (Å²) < 4.78 is 5.85. The predicted molar refractivity (Wildman–Crippen MR) is 116 cm³/mol. The predicted octanol–water partition coefficient (Wildman–Crippen LogP) is 4.69. The van der Waals surface area contributed by atoms with Crippen LogP contribution in [0.15, 0.2) is 65.4 Å². The number of ether oxygens (including phenoxy) is 1. The summed E-state index contributed by atoms with van der Waals surface area (Å²) in [5, 5.41) is 6.08. The lowest BCUT2D eigenvalue weighted by molar-refractivity contribution is 0.0951. The molecule has 0 radical (unpaired) electrons. The smallest absolute Gasteiger partial charge is 0.255 e. The Bertz CT molecular complexity index is 1040. The molecule has 0 atom stereocenters. The van der Waals surface area contributed by atoms with Crippen LogP contribution in [0, 0.1) is 0 Å². The van der Waals surface area contributed by atoms with Gasteiger partial charge in [-0.15, -0.1) is 0 Å². The van der Waals surface area contributed by atoms with Crippen LogP contribution in [0.2, 0.25) is 5.02 Å². The molecule has 0 saturated carbocycles. The van der Waals surface area contributed by atoms with Gasteiger partial charge in [-0.25, -0.2) is 0 Å². The summed E-state index contributed by atoms with van der Waals surface area (Å²) in [6, 6.07) is 13.6. The van der Waals surface area contributed by atoms with E-state index in [-0.39, 0.29) is 18.4 Å². The van der Waals surface area contributed by atoms with Gasteiger partial charge in [0.25, 0.3) is 11.8 Å². The number of anilines is 1. The van der Waals surface area contributed by atoms with E-state index in [0.29, 0.717) is 27.6 Å². The SMILES string of the molecule is COc1ccc(CNC(=O)c2cc(Br)ccc2NC(=O)c2ccncc2)cc1Cl. The Labute approximate surface area is 181 Å². The zero-order valence-corrected chi connectivity index (χ0v) is 17.8. The van der Waals surface area contributed by atoms with Gasteiger partial charge in [-0.3, -0.25) is 14.6 Å². The van der Waals surface area contributed by atoms with Gasteiger partial charge in [-0.05, 0) is 48.0 Å². The molecule has 0 unspecified atom stereocenters. The zero-order valence-electron chi connectivity index (χ0n) is 15.4. The molecule has 0 fully saturated rings. The van der Waals surface area contributed by atoms with Gasteiger partial charge in [0.15, 0.2) is 0 Å². The van der Waals surface area contributed by atoms with Crippen LogP contribution in [-0.2, 0) is 6.54 Å². The summed E-state index contributed by atoms with van der Waals surface area (Å²) in [4.78, 5) is 29.1. The molecule has 8 heteroatoms. The van der Waals surface area contributed by atoms with Gasteiger partial charge in [-0.1, -0.05) is 33.6 Å². The molecule has 3 rings (SSSR count). The number of aromatic nitrogens is 1. The maximum atomic E-state index is 12.8. The van der Waals surface area contributed by atoms with Gasteiger partial charge < -0.3 is 15.4 Å². The highest BCUT2D eigenvalue weighted by atomic mass is 79.9. The minimum Gasteiger partial charge on any atom is -0.495 e. The summed E-state index contributed by atoms with van der Waals surface area (Å²) in [5.41, 5.74) is 2.00. The van der Waals surface area contributed by atoms with Gasteiger partial charge >= 0.3 is 0 Å². The number of rotatable bonds is 6. The van der Waals surface area contributed by atoms with Crippen molar-refractivity contribution in [2.24, 2.45) is 0 Å². The van der Waals surface area contributed by atoms with E-state index in [4.69, 9.17) is 16.3 Å². The van der Waals surface area contributed by atoms with Crippen molar-refractivity contribution in [1.29, 1.82) is 0 Å². The number of carbonyl (C=O) groups is 2. The van der Waals surface area contributed by atoms with E-state index in [1.807, 2.05) is 6.07 Å². The Morgan fingerprint density at radius 3 is 2.52 bits per heavy atom. The van der Waals surface area contributed by atoms with E-state index in [1.54, 1.807) is 42.5 Å². The monoisotopic (exact) mass is 473 g/mol. The van der Waals surface area contributed by atoms with Crippen molar-refractivity contribution in [3.8, 4) is 5.75 Å². The highest BCUT2D eigenvalue weighted by molar-refractivity contribution is 9.10. The van der Waals surface area contributed by atoms with Crippen molar-refractivity contribution in [3.05, 3.63) is 87.1 Å². The third-order valence-corrected chi connectivity index (χ3v) is 4.87. The van der Waals surface area contributed by atoms with Gasteiger partial charge in [0.05, 0.1) is 23.4 Å². The average Bonchev–Trinajstić information content (AvgIpc) is 2.74. The molecule has 0 saturated heterocycles. The third-order valence-electron chi connectivity index (χ3n) is 4.09. The number of pyridine rings is 1. The molecule has 0 aliphatic carbocycles. The Morgan fingerprint density at radius 1 is 1.07 bits per heavy atom. The average molecular weight is 475 g/mol. The van der Waals surface area contributed by atoms with Crippen LogP contribution in [0.25, 0.3) is 0 Å². The fraction of sp³-hybridized carbons (Fsp3) is 0.0952. The largest absolute Gasteiger partial charge is 0.495 e. The summed E-state index contributed by atoms with van der Waals surface area (Å²) in [5.74, 6) is -0.0937. The fourth-order valence-electron chi connectivity index (χ4n) is 2.61. The highest BCUT2D eigenvalue weighted by Crippen LogP contribution is 2.25. The molecule has 3 aromatic rings. The van der Waals surface area contributed by atoms with Crippen LogP contribution in [0.4, 0.5) is 5.69 Å². The third kappa shape index (κ3) is 5.34. The van der Waals surface area contributed by atoms with Gasteiger partial charge in [0.2, 0.25) is 0 Å². The van der Waals surface area contributed by atoms with Crippen molar-refractivity contribution in [2.75, 3.05) is 12.4 Å². The van der Waals surface area contributed by atoms with E-state index in [9.17, 15) is 9.59 Å². The molecule has 1 aromatic heterocycles. The lowest BCUT2D eigenvalue weighted by atomic mass is 10.1. The molecule has 0 bridgehead atoms. The first kappa shape index (κ1) is 20.8. The summed E-state index contributed by atoms with van der Waals surface area (Å²) in [6.45, 7) is 0.271. The fourth-order valence-corrected chi connectivity index (χ4v) is 3.25. The second kappa shape index (κ2) is 9.54. The van der Waals surface area contributed by atoms with Crippen molar-refractivity contribution in [2.45, 2.75) is 6.54 Å². The second-order valence-electron chi connectivity index (χ2n) is 6.03. The first-order valence-electron chi connectivity index (χ1n) is 8.59. The number of amides is 2. The standard InChI is InChI=1S/C21H17BrClN3O3/c1-29-19-5-2-13(10-17(19)23)12-25-21(28)16-11-15(22)3-4-18(16)26-20(27)14-6-8-24-9-7-14/h2-11H,12H2,1H3,(H,25,28)(H,26,27). The number of hydrogen-bond donors (Lipinski definition) is 2. The van der Waals surface area contributed by atoms with Crippen molar-refractivity contribution in [3.63, 3.8) is 0 Å². The van der Waals surface area contributed by atoms with E-state index >= 15 is 0 Å². The molecule has 0 aliphatic rings. The Hall–Kier alpha value is -2.90. The van der Waals surface area contributed by atoms with Gasteiger partial charge in [0, 0.05) is 29.0 Å². The number of carbonyl (C=O) groups excluding carboxylic acids is 2. The molecule has 0 spiro atoms. The molecule has 0 aliphatic heterocycles. The lowest BCUT2D eigenvalue weighted by Gasteiger charge is -2.13. The van der Waals surface area contributed by atoms with Gasteiger partial charge in [-0.2, -0.15) is 0 Å². The molecule has 1 heterocycles. The molecule has 148 valence electrons.